The number of carbonyl (C=O) groups is 1. The summed E-state index contributed by atoms with van der Waals surface area (Å²) < 4.78 is 11.0. The lowest BCUT2D eigenvalue weighted by atomic mass is 10.2. The highest BCUT2D eigenvalue weighted by Gasteiger charge is 2.13. The molecule has 3 rings (SSSR count). The molecule has 0 bridgehead atoms. The van der Waals surface area contributed by atoms with Gasteiger partial charge in [-0.15, -0.1) is 0 Å². The van der Waals surface area contributed by atoms with Crippen LogP contribution in [0.15, 0.2) is 29.4 Å². The summed E-state index contributed by atoms with van der Waals surface area (Å²) in [5.41, 5.74) is 1.51. The monoisotopic (exact) mass is 328 g/mol. The first-order valence-electron chi connectivity index (χ1n) is 7.46. The first-order chi connectivity index (χ1) is 11.7. The molecule has 124 valence electrons. The summed E-state index contributed by atoms with van der Waals surface area (Å²) in [7, 11) is 0. The Morgan fingerprint density at radius 1 is 1.21 bits per heavy atom. The number of amides is 1. The van der Waals surface area contributed by atoms with Crippen LogP contribution < -0.4 is 14.8 Å². The van der Waals surface area contributed by atoms with Crippen molar-refractivity contribution < 1.29 is 14.3 Å². The Labute approximate surface area is 138 Å². The molecule has 1 aromatic carbocycles. The highest BCUT2D eigenvalue weighted by Crippen LogP contribution is 2.30. The van der Waals surface area contributed by atoms with Crippen LogP contribution in [0.2, 0.25) is 0 Å². The summed E-state index contributed by atoms with van der Waals surface area (Å²) in [4.78, 5) is 30.8. The maximum atomic E-state index is 12.2. The second-order valence-electron chi connectivity index (χ2n) is 5.24. The molecule has 1 amide bonds. The van der Waals surface area contributed by atoms with Gasteiger partial charge in [0.2, 0.25) is 0 Å². The third-order valence-corrected chi connectivity index (χ3v) is 3.41. The Morgan fingerprint density at radius 3 is 2.79 bits per heavy atom. The quantitative estimate of drug-likeness (QED) is 0.839. The average molecular weight is 328 g/mol. The summed E-state index contributed by atoms with van der Waals surface area (Å²) in [6.45, 7) is 2.93. The molecule has 1 N–H and O–H groups in total. The highest BCUT2D eigenvalue weighted by molar-refractivity contribution is 5.92. The lowest BCUT2D eigenvalue weighted by Crippen LogP contribution is -2.24. The van der Waals surface area contributed by atoms with Gasteiger partial charge in [-0.05, 0) is 30.7 Å². The number of hydrogen-bond acceptors (Lipinski definition) is 7. The Kier molecular flexibility index (Phi) is 4.64. The Hall–Kier alpha value is -3.03. The fourth-order valence-corrected chi connectivity index (χ4v) is 2.36. The molecule has 0 aliphatic carbocycles. The molecule has 0 saturated heterocycles. The van der Waals surface area contributed by atoms with E-state index in [1.165, 1.54) is 6.07 Å². The zero-order chi connectivity index (χ0) is 16.9. The lowest BCUT2D eigenvalue weighted by Gasteiger charge is -2.19. The van der Waals surface area contributed by atoms with Gasteiger partial charge in [-0.2, -0.15) is 4.91 Å². The Morgan fingerprint density at radius 2 is 2.00 bits per heavy atom. The molecule has 0 atom stereocenters. The fourth-order valence-electron chi connectivity index (χ4n) is 2.36. The van der Waals surface area contributed by atoms with Gasteiger partial charge in [0.1, 0.15) is 31.3 Å². The number of carbonyl (C=O) groups excluding carboxylic acids is 1. The predicted molar refractivity (Wildman–Crippen MR) is 84.9 cm³/mol. The molecular weight excluding hydrogens is 312 g/mol. The number of aryl methyl sites for hydroxylation is 1. The summed E-state index contributed by atoms with van der Waals surface area (Å²) in [5.74, 6) is 1.45. The molecule has 2 aromatic rings. The van der Waals surface area contributed by atoms with Crippen LogP contribution in [0.3, 0.4) is 0 Å². The van der Waals surface area contributed by atoms with Crippen molar-refractivity contribution in [3.8, 4) is 11.5 Å². The van der Waals surface area contributed by atoms with E-state index in [1.54, 1.807) is 6.92 Å². The first-order valence-corrected chi connectivity index (χ1v) is 7.46. The minimum absolute atomic E-state index is 0.0915. The van der Waals surface area contributed by atoms with Gasteiger partial charge in [0, 0.05) is 6.54 Å². The van der Waals surface area contributed by atoms with Crippen LogP contribution in [0.5, 0.6) is 11.5 Å². The molecule has 0 unspecified atom stereocenters. The molecule has 8 heteroatoms. The lowest BCUT2D eigenvalue weighted by molar-refractivity contribution is 0.0945. The molecule has 0 spiro atoms. The fraction of sp³-hybridized carbons (Fsp3) is 0.312. The standard InChI is InChI=1S/C16H16N4O4/c1-10-19-12(9-18-22)7-13(20-10)16(21)17-8-11-2-3-14-15(6-11)24-5-4-23-14/h2-3,6-7H,4-5,8-9H2,1H3,(H,17,21). The number of fused-ring (bicyclic) bond motifs is 1. The maximum Gasteiger partial charge on any atom is 0.270 e. The zero-order valence-electron chi connectivity index (χ0n) is 13.1. The zero-order valence-corrected chi connectivity index (χ0v) is 13.1. The maximum absolute atomic E-state index is 12.2. The summed E-state index contributed by atoms with van der Waals surface area (Å²) in [5, 5.41) is 5.57. The number of ether oxygens (including phenoxy) is 2. The topological polar surface area (TPSA) is 103 Å². The molecule has 1 aromatic heterocycles. The van der Waals surface area contributed by atoms with Gasteiger partial charge in [0.25, 0.3) is 5.91 Å². The van der Waals surface area contributed by atoms with E-state index in [4.69, 9.17) is 9.47 Å². The van der Waals surface area contributed by atoms with Crippen molar-refractivity contribution in [2.45, 2.75) is 20.0 Å². The van der Waals surface area contributed by atoms with E-state index < -0.39 is 0 Å². The van der Waals surface area contributed by atoms with Crippen LogP contribution in [-0.2, 0) is 13.1 Å². The third-order valence-electron chi connectivity index (χ3n) is 3.41. The molecule has 0 fully saturated rings. The van der Waals surface area contributed by atoms with Crippen LogP contribution in [0, 0.1) is 11.8 Å². The molecule has 1 aliphatic heterocycles. The summed E-state index contributed by atoms with van der Waals surface area (Å²) in [6, 6.07) is 6.98. The number of nitroso groups, excluding NO2 is 1. The number of nitrogens with one attached hydrogen (secondary N) is 1. The van der Waals surface area contributed by atoms with Crippen LogP contribution in [0.1, 0.15) is 27.6 Å². The Balaban J connectivity index is 1.68. The second kappa shape index (κ2) is 7.03. The first kappa shape index (κ1) is 15.9. The molecule has 0 saturated carbocycles. The number of nitrogens with zero attached hydrogens (tertiary/aromatic N) is 3. The van der Waals surface area contributed by atoms with Crippen molar-refractivity contribution >= 4 is 5.91 Å². The molecule has 0 radical (unpaired) electrons. The van der Waals surface area contributed by atoms with E-state index >= 15 is 0 Å². The smallest absolute Gasteiger partial charge is 0.270 e. The minimum Gasteiger partial charge on any atom is -0.486 e. The van der Waals surface area contributed by atoms with Crippen molar-refractivity contribution in [2.75, 3.05) is 13.2 Å². The Bertz CT molecular complexity index is 779. The van der Waals surface area contributed by atoms with Crippen LogP contribution in [0.4, 0.5) is 0 Å². The van der Waals surface area contributed by atoms with E-state index in [0.29, 0.717) is 42.8 Å². The van der Waals surface area contributed by atoms with E-state index in [1.807, 2.05) is 18.2 Å². The van der Waals surface area contributed by atoms with Gasteiger partial charge in [0.05, 0.1) is 5.69 Å². The van der Waals surface area contributed by atoms with Gasteiger partial charge >= 0.3 is 0 Å². The van der Waals surface area contributed by atoms with Crippen LogP contribution >= 0.6 is 0 Å². The van der Waals surface area contributed by atoms with Crippen LogP contribution in [-0.4, -0.2) is 29.1 Å². The number of rotatable bonds is 5. The highest BCUT2D eigenvalue weighted by atomic mass is 16.6. The van der Waals surface area contributed by atoms with Gasteiger partial charge in [-0.3, -0.25) is 4.79 Å². The molecule has 2 heterocycles. The van der Waals surface area contributed by atoms with Gasteiger partial charge in [-0.25, -0.2) is 9.97 Å². The second-order valence-corrected chi connectivity index (χ2v) is 5.24. The van der Waals surface area contributed by atoms with E-state index in [0.717, 1.165) is 5.56 Å². The SMILES string of the molecule is Cc1nc(CN=O)cc(C(=O)NCc2ccc3c(c2)OCCO3)n1. The molecule has 24 heavy (non-hydrogen) atoms. The van der Waals surface area contributed by atoms with Crippen molar-refractivity contribution in [3.05, 3.63) is 51.9 Å². The summed E-state index contributed by atoms with van der Waals surface area (Å²) in [6.07, 6.45) is 0. The third kappa shape index (κ3) is 3.65. The van der Waals surface area contributed by atoms with Gasteiger partial charge < -0.3 is 14.8 Å². The molecular formula is C16H16N4O4. The van der Waals surface area contributed by atoms with Crippen LogP contribution in [0.25, 0.3) is 0 Å². The van der Waals surface area contributed by atoms with Crippen molar-refractivity contribution in [1.29, 1.82) is 0 Å². The molecule has 8 nitrogen and oxygen atoms in total. The average Bonchev–Trinajstić information content (AvgIpc) is 2.59. The number of benzene rings is 1. The minimum atomic E-state index is -0.345. The van der Waals surface area contributed by atoms with Crippen molar-refractivity contribution in [3.63, 3.8) is 0 Å². The van der Waals surface area contributed by atoms with Gasteiger partial charge in [-0.1, -0.05) is 11.2 Å². The van der Waals surface area contributed by atoms with Crippen molar-refractivity contribution in [2.24, 2.45) is 5.18 Å². The molecule has 1 aliphatic rings. The summed E-state index contributed by atoms with van der Waals surface area (Å²) >= 11 is 0. The van der Waals surface area contributed by atoms with Gasteiger partial charge in [0.15, 0.2) is 11.5 Å². The van der Waals surface area contributed by atoms with E-state index in [2.05, 4.69) is 20.5 Å². The van der Waals surface area contributed by atoms with E-state index in [9.17, 15) is 9.70 Å². The predicted octanol–water partition coefficient (Wildman–Crippen LogP) is 1.75. The largest absolute Gasteiger partial charge is 0.486 e. The number of hydrogen-bond donors (Lipinski definition) is 1. The van der Waals surface area contributed by atoms with Crippen molar-refractivity contribution in [1.82, 2.24) is 15.3 Å². The number of aromatic nitrogens is 2. The van der Waals surface area contributed by atoms with E-state index in [-0.39, 0.29) is 18.1 Å². The normalized spacial score (nSPS) is 12.5.